The zero-order chi connectivity index (χ0) is 25.2. The Kier molecular flexibility index (Phi) is 10.9. The zero-order valence-corrected chi connectivity index (χ0v) is 22.6. The molecule has 36 heavy (non-hydrogen) atoms. The minimum Gasteiger partial charge on any atom is -0.251 e. The molecule has 0 bridgehead atoms. The summed E-state index contributed by atoms with van der Waals surface area (Å²) in [6, 6.07) is 14.4. The predicted molar refractivity (Wildman–Crippen MR) is 150 cm³/mol. The molecule has 2 heteroatoms. The van der Waals surface area contributed by atoms with Crippen molar-refractivity contribution in [3.8, 4) is 11.1 Å². The van der Waals surface area contributed by atoms with Crippen molar-refractivity contribution in [1.82, 2.24) is 0 Å². The summed E-state index contributed by atoms with van der Waals surface area (Å²) in [4.78, 5) is 0. The van der Waals surface area contributed by atoms with Crippen LogP contribution in [0.25, 0.3) is 11.1 Å². The van der Waals surface area contributed by atoms with Crippen molar-refractivity contribution in [2.24, 2.45) is 17.8 Å². The summed E-state index contributed by atoms with van der Waals surface area (Å²) < 4.78 is 27.3. The minimum absolute atomic E-state index is 0.0817. The van der Waals surface area contributed by atoms with Crippen molar-refractivity contribution in [2.45, 2.75) is 116 Å². The average Bonchev–Trinajstić information content (AvgIpc) is 2.91. The number of halogens is 2. The van der Waals surface area contributed by atoms with Gasteiger partial charge in [-0.25, -0.2) is 4.39 Å². The first kappa shape index (κ1) is 27.3. The van der Waals surface area contributed by atoms with E-state index in [4.69, 9.17) is 0 Å². The molecule has 0 radical (unpaired) electrons. The van der Waals surface area contributed by atoms with Gasteiger partial charge in [-0.2, -0.15) is 0 Å². The van der Waals surface area contributed by atoms with E-state index in [1.807, 2.05) is 12.1 Å². The Balaban J connectivity index is 1.22. The number of hydrogen-bond acceptors (Lipinski definition) is 0. The molecule has 4 rings (SSSR count). The molecule has 2 aliphatic carbocycles. The van der Waals surface area contributed by atoms with Gasteiger partial charge in [-0.1, -0.05) is 101 Å². The summed E-state index contributed by atoms with van der Waals surface area (Å²) in [7, 11) is 0. The van der Waals surface area contributed by atoms with E-state index in [2.05, 4.69) is 37.3 Å². The van der Waals surface area contributed by atoms with Gasteiger partial charge in [0.05, 0.1) is 6.67 Å². The van der Waals surface area contributed by atoms with E-state index >= 15 is 4.39 Å². The van der Waals surface area contributed by atoms with E-state index in [1.165, 1.54) is 75.3 Å². The van der Waals surface area contributed by atoms with Crippen LogP contribution in [0.5, 0.6) is 0 Å². The van der Waals surface area contributed by atoms with E-state index in [9.17, 15) is 4.39 Å². The zero-order valence-electron chi connectivity index (χ0n) is 22.6. The monoisotopic (exact) mass is 494 g/mol. The molecule has 0 saturated heterocycles. The van der Waals surface area contributed by atoms with Crippen LogP contribution in [0.15, 0.2) is 42.5 Å². The molecule has 2 saturated carbocycles. The third kappa shape index (κ3) is 8.15. The predicted octanol–water partition coefficient (Wildman–Crippen LogP) is 10.8. The highest BCUT2D eigenvalue weighted by Crippen LogP contribution is 2.40. The largest absolute Gasteiger partial charge is 0.251 e. The summed E-state index contributed by atoms with van der Waals surface area (Å²) in [5, 5.41) is 0. The van der Waals surface area contributed by atoms with Crippen LogP contribution in [0.1, 0.15) is 120 Å². The molecule has 0 heterocycles. The van der Waals surface area contributed by atoms with Crippen LogP contribution in [0.2, 0.25) is 0 Å². The van der Waals surface area contributed by atoms with Crippen molar-refractivity contribution in [2.75, 3.05) is 6.67 Å². The van der Waals surface area contributed by atoms with Gasteiger partial charge in [0.2, 0.25) is 0 Å². The molecule has 0 aromatic heterocycles. The van der Waals surface area contributed by atoms with Gasteiger partial charge in [-0.05, 0) is 91.4 Å². The van der Waals surface area contributed by atoms with Crippen LogP contribution in [0.3, 0.4) is 0 Å². The number of aryl methyl sites for hydroxylation is 1. The van der Waals surface area contributed by atoms with Gasteiger partial charge in [0.1, 0.15) is 5.82 Å². The fraction of sp³-hybridized carbons (Fsp3) is 0.647. The van der Waals surface area contributed by atoms with Gasteiger partial charge in [0.15, 0.2) is 0 Å². The molecule has 0 aliphatic heterocycles. The normalized spacial score (nSPS) is 24.6. The molecular weight excluding hydrogens is 446 g/mol. The third-order valence-corrected chi connectivity index (χ3v) is 9.29. The van der Waals surface area contributed by atoms with E-state index in [-0.39, 0.29) is 12.5 Å². The number of unbranched alkanes of at least 4 members (excludes halogenated alkanes) is 4. The second-order valence-corrected chi connectivity index (χ2v) is 12.1. The van der Waals surface area contributed by atoms with Crippen LogP contribution in [0, 0.1) is 23.6 Å². The molecule has 198 valence electrons. The maximum atomic E-state index is 15.1. The standard InChI is InChI=1S/C34H48F2/c1-26-8-10-28(11-9-26)12-13-29-14-18-30(19-15-29)32-22-23-33(34(36)25-32)31-20-16-27(17-21-31)7-5-3-2-4-6-24-35/h16-17,20-23,25-26,28-30H,2-15,18-19,24H2,1H3. The van der Waals surface area contributed by atoms with Gasteiger partial charge in [0.25, 0.3) is 0 Å². The SMILES string of the molecule is CC1CCC(CCC2CCC(c3ccc(-c4ccc(CCCCCCCF)cc4)c(F)c3)CC2)CC1. The van der Waals surface area contributed by atoms with Crippen molar-refractivity contribution >= 4 is 0 Å². The van der Waals surface area contributed by atoms with Gasteiger partial charge in [0, 0.05) is 5.56 Å². The highest BCUT2D eigenvalue weighted by Gasteiger charge is 2.25. The summed E-state index contributed by atoms with van der Waals surface area (Å²) in [6.45, 7) is 2.21. The topological polar surface area (TPSA) is 0 Å². The first-order chi connectivity index (χ1) is 17.6. The molecule has 2 aromatic rings. The van der Waals surface area contributed by atoms with E-state index < -0.39 is 0 Å². The Morgan fingerprint density at radius 3 is 1.94 bits per heavy atom. The molecule has 0 unspecified atom stereocenters. The second kappa shape index (κ2) is 14.3. The first-order valence-corrected chi connectivity index (χ1v) is 15.1. The second-order valence-electron chi connectivity index (χ2n) is 12.1. The average molecular weight is 495 g/mol. The molecule has 0 N–H and O–H groups in total. The first-order valence-electron chi connectivity index (χ1n) is 15.1. The minimum atomic E-state index is -0.194. The van der Waals surface area contributed by atoms with Gasteiger partial charge in [-0.15, -0.1) is 0 Å². The number of benzene rings is 2. The summed E-state index contributed by atoms with van der Waals surface area (Å²) in [5.74, 6) is 3.25. The van der Waals surface area contributed by atoms with Crippen LogP contribution in [-0.2, 0) is 6.42 Å². The highest BCUT2D eigenvalue weighted by molar-refractivity contribution is 5.65. The molecule has 0 amide bonds. The molecule has 0 atom stereocenters. The highest BCUT2D eigenvalue weighted by atomic mass is 19.1. The fourth-order valence-electron chi connectivity index (χ4n) is 6.70. The van der Waals surface area contributed by atoms with Gasteiger partial charge < -0.3 is 0 Å². The van der Waals surface area contributed by atoms with E-state index in [0.29, 0.717) is 17.9 Å². The lowest BCUT2D eigenvalue weighted by Gasteiger charge is -2.31. The Morgan fingerprint density at radius 1 is 0.694 bits per heavy atom. The fourth-order valence-corrected chi connectivity index (χ4v) is 6.70. The maximum Gasteiger partial charge on any atom is 0.131 e. The maximum absolute atomic E-state index is 15.1. The molecule has 0 nitrogen and oxygen atoms in total. The molecule has 2 fully saturated rings. The lowest BCUT2D eigenvalue weighted by Crippen LogP contribution is -2.17. The van der Waals surface area contributed by atoms with E-state index in [1.54, 1.807) is 0 Å². The van der Waals surface area contributed by atoms with Crippen LogP contribution >= 0.6 is 0 Å². The van der Waals surface area contributed by atoms with Gasteiger partial charge in [-0.3, -0.25) is 4.39 Å². The third-order valence-electron chi connectivity index (χ3n) is 9.29. The van der Waals surface area contributed by atoms with Crippen molar-refractivity contribution in [3.63, 3.8) is 0 Å². The summed E-state index contributed by atoms with van der Waals surface area (Å²) >= 11 is 0. The molecule has 2 aromatic carbocycles. The lowest BCUT2D eigenvalue weighted by atomic mass is 9.74. The van der Waals surface area contributed by atoms with E-state index in [0.717, 1.165) is 55.4 Å². The van der Waals surface area contributed by atoms with Crippen LogP contribution < -0.4 is 0 Å². The Morgan fingerprint density at radius 2 is 1.31 bits per heavy atom. The number of alkyl halides is 1. The van der Waals surface area contributed by atoms with Crippen LogP contribution in [0.4, 0.5) is 8.78 Å². The van der Waals surface area contributed by atoms with Crippen LogP contribution in [-0.4, -0.2) is 6.67 Å². The van der Waals surface area contributed by atoms with Crippen molar-refractivity contribution in [3.05, 3.63) is 59.4 Å². The smallest absolute Gasteiger partial charge is 0.131 e. The quantitative estimate of drug-likeness (QED) is 0.257. The Hall–Kier alpha value is -1.70. The van der Waals surface area contributed by atoms with Gasteiger partial charge >= 0.3 is 0 Å². The lowest BCUT2D eigenvalue weighted by molar-refractivity contribution is 0.237. The Labute approximate surface area is 219 Å². The molecule has 2 aliphatic rings. The molecular formula is C34H48F2. The summed E-state index contributed by atoms with van der Waals surface area (Å²) in [5.41, 5.74) is 4.18. The molecule has 0 spiro atoms. The van der Waals surface area contributed by atoms with Crippen molar-refractivity contribution in [1.29, 1.82) is 0 Å². The number of hydrogen-bond donors (Lipinski definition) is 0. The van der Waals surface area contributed by atoms with Crippen molar-refractivity contribution < 1.29 is 8.78 Å². The summed E-state index contributed by atoms with van der Waals surface area (Å²) in [6.07, 6.45) is 19.8. The number of rotatable bonds is 12. The Bertz CT molecular complexity index is 886.